The van der Waals surface area contributed by atoms with Gasteiger partial charge in [-0.15, -0.1) is 0 Å². The molecular formula is C27H34N2O6. The minimum Gasteiger partial charge on any atom is -0.480 e. The Bertz CT molecular complexity index is 992. The molecule has 0 unspecified atom stereocenters. The van der Waals surface area contributed by atoms with Crippen LogP contribution in [0.3, 0.4) is 0 Å². The number of alkyl carbamates (subject to hydrolysis) is 1. The highest BCUT2D eigenvalue weighted by Crippen LogP contribution is 2.44. The van der Waals surface area contributed by atoms with Gasteiger partial charge in [0.25, 0.3) is 0 Å². The van der Waals surface area contributed by atoms with Crippen LogP contribution in [0.2, 0.25) is 0 Å². The lowest BCUT2D eigenvalue weighted by molar-refractivity contribution is -0.142. The van der Waals surface area contributed by atoms with Crippen molar-refractivity contribution < 1.29 is 29.3 Å². The summed E-state index contributed by atoms with van der Waals surface area (Å²) in [4.78, 5) is 36.2. The van der Waals surface area contributed by atoms with Crippen molar-refractivity contribution in [2.75, 3.05) is 19.8 Å². The number of aliphatic hydroxyl groups is 1. The fourth-order valence-corrected chi connectivity index (χ4v) is 4.68. The number of ether oxygens (including phenoxy) is 1. The van der Waals surface area contributed by atoms with Crippen LogP contribution < -0.4 is 10.6 Å². The van der Waals surface area contributed by atoms with Crippen molar-refractivity contribution in [1.29, 1.82) is 0 Å². The number of amides is 2. The number of carboxylic acid groups (broad SMARTS) is 1. The third kappa shape index (κ3) is 7.05. The van der Waals surface area contributed by atoms with Crippen molar-refractivity contribution in [2.24, 2.45) is 11.8 Å². The van der Waals surface area contributed by atoms with Crippen molar-refractivity contribution in [1.82, 2.24) is 10.6 Å². The van der Waals surface area contributed by atoms with E-state index in [1.807, 2.05) is 38.1 Å². The van der Waals surface area contributed by atoms with E-state index >= 15 is 0 Å². The molecule has 3 rings (SSSR count). The maximum Gasteiger partial charge on any atom is 0.407 e. The largest absolute Gasteiger partial charge is 0.480 e. The second-order valence-corrected chi connectivity index (χ2v) is 9.38. The van der Waals surface area contributed by atoms with Crippen LogP contribution in [0, 0.1) is 11.8 Å². The number of rotatable bonds is 12. The zero-order chi connectivity index (χ0) is 25.4. The minimum absolute atomic E-state index is 0.0372. The zero-order valence-electron chi connectivity index (χ0n) is 20.2. The van der Waals surface area contributed by atoms with Gasteiger partial charge in [0.1, 0.15) is 12.6 Å². The Labute approximate surface area is 205 Å². The van der Waals surface area contributed by atoms with Gasteiger partial charge in [-0.05, 0) is 40.5 Å². The number of benzene rings is 2. The first-order valence-electron chi connectivity index (χ1n) is 12.0. The molecule has 35 heavy (non-hydrogen) atoms. The predicted octanol–water partition coefficient (Wildman–Crippen LogP) is 3.53. The highest BCUT2D eigenvalue weighted by molar-refractivity contribution is 5.83. The molecule has 8 nitrogen and oxygen atoms in total. The molecule has 1 aliphatic rings. The maximum atomic E-state index is 12.5. The number of carbonyl (C=O) groups is 3. The van der Waals surface area contributed by atoms with E-state index < -0.39 is 24.0 Å². The summed E-state index contributed by atoms with van der Waals surface area (Å²) in [5.41, 5.74) is 4.57. The number of hydrogen-bond acceptors (Lipinski definition) is 5. The SMILES string of the molecule is CC(C)C[C@H](CNC(=O)OCC1c2ccccc2-c2ccccc21)CC(=O)N[C@@H](CCO)C(=O)O. The third-order valence-electron chi connectivity index (χ3n) is 6.21. The first kappa shape index (κ1) is 26.2. The van der Waals surface area contributed by atoms with Gasteiger partial charge in [0.15, 0.2) is 0 Å². The van der Waals surface area contributed by atoms with Crippen molar-refractivity contribution in [3.05, 3.63) is 59.7 Å². The van der Waals surface area contributed by atoms with E-state index in [1.54, 1.807) is 0 Å². The summed E-state index contributed by atoms with van der Waals surface area (Å²) in [6.07, 6.45) is 0.129. The van der Waals surface area contributed by atoms with Gasteiger partial charge in [-0.2, -0.15) is 0 Å². The lowest BCUT2D eigenvalue weighted by Crippen LogP contribution is -2.43. The molecule has 0 heterocycles. The molecule has 0 aliphatic heterocycles. The molecule has 0 fully saturated rings. The average molecular weight is 483 g/mol. The number of aliphatic hydroxyl groups excluding tert-OH is 1. The molecule has 0 aromatic heterocycles. The van der Waals surface area contributed by atoms with Gasteiger partial charge in [0.05, 0.1) is 0 Å². The molecule has 0 bridgehead atoms. The van der Waals surface area contributed by atoms with E-state index in [0.717, 1.165) is 22.3 Å². The quantitative estimate of drug-likeness (QED) is 0.367. The fraction of sp³-hybridized carbons (Fsp3) is 0.444. The van der Waals surface area contributed by atoms with Crippen LogP contribution in [0.25, 0.3) is 11.1 Å². The summed E-state index contributed by atoms with van der Waals surface area (Å²) in [7, 11) is 0. The monoisotopic (exact) mass is 482 g/mol. The van der Waals surface area contributed by atoms with E-state index in [9.17, 15) is 19.5 Å². The Balaban J connectivity index is 1.55. The molecule has 0 saturated heterocycles. The topological polar surface area (TPSA) is 125 Å². The summed E-state index contributed by atoms with van der Waals surface area (Å²) < 4.78 is 5.57. The van der Waals surface area contributed by atoms with Crippen molar-refractivity contribution >= 4 is 18.0 Å². The summed E-state index contributed by atoms with van der Waals surface area (Å²) in [6.45, 7) is 4.14. The Hall–Kier alpha value is -3.39. The molecule has 2 aromatic carbocycles. The normalized spacial score (nSPS) is 14.1. The van der Waals surface area contributed by atoms with Gasteiger partial charge < -0.3 is 25.6 Å². The van der Waals surface area contributed by atoms with Crippen LogP contribution >= 0.6 is 0 Å². The third-order valence-corrected chi connectivity index (χ3v) is 6.21. The summed E-state index contributed by atoms with van der Waals surface area (Å²) in [5, 5.41) is 23.4. The molecule has 188 valence electrons. The molecule has 0 saturated carbocycles. The number of hydrogen-bond donors (Lipinski definition) is 4. The van der Waals surface area contributed by atoms with Gasteiger partial charge in [0, 0.05) is 31.9 Å². The number of carboxylic acids is 1. The minimum atomic E-state index is -1.19. The first-order valence-corrected chi connectivity index (χ1v) is 12.0. The second-order valence-electron chi connectivity index (χ2n) is 9.38. The lowest BCUT2D eigenvalue weighted by atomic mass is 9.93. The smallest absolute Gasteiger partial charge is 0.407 e. The zero-order valence-corrected chi connectivity index (χ0v) is 20.2. The van der Waals surface area contributed by atoms with E-state index in [-0.39, 0.29) is 50.4 Å². The molecular weight excluding hydrogens is 448 g/mol. The molecule has 2 amide bonds. The average Bonchev–Trinajstić information content (AvgIpc) is 3.14. The van der Waals surface area contributed by atoms with Crippen LogP contribution in [0.5, 0.6) is 0 Å². The maximum absolute atomic E-state index is 12.5. The van der Waals surface area contributed by atoms with Crippen molar-refractivity contribution in [2.45, 2.75) is 45.1 Å². The number of fused-ring (bicyclic) bond motifs is 3. The molecule has 8 heteroatoms. The van der Waals surface area contributed by atoms with Crippen LogP contribution in [-0.4, -0.2) is 54.0 Å². The standard InChI is InChI=1S/C27H34N2O6/c1-17(2)13-18(14-25(31)29-24(11-12-30)26(32)33)15-28-27(34)35-16-23-21-9-5-3-7-19(21)20-8-4-6-10-22(20)23/h3-10,17-18,23-24,30H,11-16H2,1-2H3,(H,28,34)(H,29,31)(H,32,33)/t18-,24-/m0/s1. The van der Waals surface area contributed by atoms with Gasteiger partial charge in [-0.25, -0.2) is 9.59 Å². The Kier molecular flexibility index (Phi) is 9.25. The number of nitrogens with one attached hydrogen (secondary N) is 2. The summed E-state index contributed by atoms with van der Waals surface area (Å²) in [6, 6.07) is 15.1. The van der Waals surface area contributed by atoms with Gasteiger partial charge in [-0.1, -0.05) is 62.4 Å². The molecule has 1 aliphatic carbocycles. The van der Waals surface area contributed by atoms with Crippen molar-refractivity contribution in [3.8, 4) is 11.1 Å². The first-order chi connectivity index (χ1) is 16.8. The summed E-state index contributed by atoms with van der Waals surface area (Å²) >= 11 is 0. The second kappa shape index (κ2) is 12.4. The predicted molar refractivity (Wildman–Crippen MR) is 132 cm³/mol. The van der Waals surface area contributed by atoms with Crippen LogP contribution in [-0.2, 0) is 14.3 Å². The number of aliphatic carboxylic acids is 1. The van der Waals surface area contributed by atoms with Crippen LogP contribution in [0.1, 0.15) is 50.2 Å². The van der Waals surface area contributed by atoms with E-state index in [2.05, 4.69) is 34.9 Å². The fourth-order valence-electron chi connectivity index (χ4n) is 4.68. The molecule has 0 radical (unpaired) electrons. The Morgan fingerprint density at radius 1 is 1.00 bits per heavy atom. The molecule has 2 atom stereocenters. The van der Waals surface area contributed by atoms with Crippen LogP contribution in [0.4, 0.5) is 4.79 Å². The molecule has 4 N–H and O–H groups in total. The Morgan fingerprint density at radius 3 is 2.14 bits per heavy atom. The van der Waals surface area contributed by atoms with E-state index in [0.29, 0.717) is 6.42 Å². The lowest BCUT2D eigenvalue weighted by Gasteiger charge is -2.21. The highest BCUT2D eigenvalue weighted by atomic mass is 16.5. The number of carbonyl (C=O) groups excluding carboxylic acids is 2. The van der Waals surface area contributed by atoms with Gasteiger partial charge >= 0.3 is 12.1 Å². The highest BCUT2D eigenvalue weighted by Gasteiger charge is 2.29. The molecule has 2 aromatic rings. The van der Waals surface area contributed by atoms with Crippen LogP contribution in [0.15, 0.2) is 48.5 Å². The van der Waals surface area contributed by atoms with Gasteiger partial charge in [0.2, 0.25) is 5.91 Å². The van der Waals surface area contributed by atoms with Crippen molar-refractivity contribution in [3.63, 3.8) is 0 Å². The Morgan fingerprint density at radius 2 is 1.60 bits per heavy atom. The molecule has 0 spiro atoms. The summed E-state index contributed by atoms with van der Waals surface area (Å²) in [5.74, 6) is -1.55. The van der Waals surface area contributed by atoms with E-state index in [1.165, 1.54) is 0 Å². The van der Waals surface area contributed by atoms with Gasteiger partial charge in [-0.3, -0.25) is 4.79 Å². The van der Waals surface area contributed by atoms with E-state index in [4.69, 9.17) is 9.84 Å².